The summed E-state index contributed by atoms with van der Waals surface area (Å²) >= 11 is 0. The number of benzene rings is 1. The van der Waals surface area contributed by atoms with Crippen molar-refractivity contribution < 1.29 is 22.8 Å². The van der Waals surface area contributed by atoms with Crippen LogP contribution in [0.2, 0.25) is 0 Å². The van der Waals surface area contributed by atoms with E-state index in [4.69, 9.17) is 0 Å². The number of fused-ring (bicyclic) bond motifs is 1. The summed E-state index contributed by atoms with van der Waals surface area (Å²) in [6, 6.07) is 6.04. The normalized spacial score (nSPS) is 25.2. The Morgan fingerprint density at radius 3 is 2.61 bits per heavy atom. The number of imide groups is 1. The molecule has 1 aliphatic carbocycles. The molecule has 2 aliphatic heterocycles. The van der Waals surface area contributed by atoms with Crippen molar-refractivity contribution in [1.82, 2.24) is 20.1 Å². The van der Waals surface area contributed by atoms with Crippen molar-refractivity contribution in [2.75, 3.05) is 18.1 Å². The second-order valence-corrected chi connectivity index (χ2v) is 10.8. The topological polar surface area (TPSA) is 120 Å². The van der Waals surface area contributed by atoms with Crippen molar-refractivity contribution in [3.05, 3.63) is 36.0 Å². The van der Waals surface area contributed by atoms with Crippen molar-refractivity contribution >= 4 is 38.6 Å². The van der Waals surface area contributed by atoms with Crippen LogP contribution in [0, 0.1) is 0 Å². The molecule has 1 aromatic heterocycles. The fourth-order valence-corrected chi connectivity index (χ4v) is 6.37. The molecule has 5 rings (SSSR count). The van der Waals surface area contributed by atoms with E-state index in [-0.39, 0.29) is 36.0 Å². The third-order valence-electron chi connectivity index (χ3n) is 6.33. The van der Waals surface area contributed by atoms with Crippen LogP contribution < -0.4 is 5.32 Å². The Kier molecular flexibility index (Phi) is 4.76. The molecule has 3 heterocycles. The second-order valence-electron chi connectivity index (χ2n) is 8.58. The predicted molar refractivity (Wildman–Crippen MR) is 113 cm³/mol. The Morgan fingerprint density at radius 2 is 1.90 bits per heavy atom. The van der Waals surface area contributed by atoms with Gasteiger partial charge in [-0.05, 0) is 30.9 Å². The van der Waals surface area contributed by atoms with E-state index in [9.17, 15) is 22.8 Å². The molecule has 2 aromatic rings. The van der Waals surface area contributed by atoms with Gasteiger partial charge >= 0.3 is 6.03 Å². The number of para-hydroxylation sites is 1. The summed E-state index contributed by atoms with van der Waals surface area (Å²) in [6.07, 6.45) is 4.21. The van der Waals surface area contributed by atoms with Crippen LogP contribution in [0.25, 0.3) is 10.9 Å². The lowest BCUT2D eigenvalue weighted by Gasteiger charge is -2.29. The van der Waals surface area contributed by atoms with Crippen molar-refractivity contribution in [2.24, 2.45) is 0 Å². The van der Waals surface area contributed by atoms with Gasteiger partial charge in [-0.3, -0.25) is 14.5 Å². The fourth-order valence-electron chi connectivity index (χ4n) is 4.66. The molecule has 0 bridgehead atoms. The standard InChI is InChI=1S/C21H24N4O5S/c26-19(25(14-5-6-14)15-7-8-31(29,30)12-15)11-24-20(27)18(23-21(24)28)9-13-10-22-17-4-2-1-3-16(13)17/h1-4,10,14-15,18,22H,5-9,11-12H2,(H,23,28). The average molecular weight is 445 g/mol. The van der Waals surface area contributed by atoms with Gasteiger partial charge in [0.1, 0.15) is 12.6 Å². The molecule has 2 saturated heterocycles. The van der Waals surface area contributed by atoms with Crippen LogP contribution in [-0.2, 0) is 25.8 Å². The summed E-state index contributed by atoms with van der Waals surface area (Å²) in [5, 5.41) is 3.67. The van der Waals surface area contributed by atoms with Gasteiger partial charge in [-0.1, -0.05) is 18.2 Å². The highest BCUT2D eigenvalue weighted by Gasteiger charge is 2.45. The second kappa shape index (κ2) is 7.37. The first-order chi connectivity index (χ1) is 14.8. The number of rotatable bonds is 6. The highest BCUT2D eigenvalue weighted by molar-refractivity contribution is 7.91. The van der Waals surface area contributed by atoms with Crippen molar-refractivity contribution in [3.8, 4) is 0 Å². The van der Waals surface area contributed by atoms with E-state index in [1.54, 1.807) is 4.90 Å². The van der Waals surface area contributed by atoms with Crippen LogP contribution in [0.5, 0.6) is 0 Å². The van der Waals surface area contributed by atoms with E-state index in [0.717, 1.165) is 34.2 Å². The zero-order valence-corrected chi connectivity index (χ0v) is 17.7. The Bertz CT molecular complexity index is 1170. The smallest absolute Gasteiger partial charge is 0.325 e. The van der Waals surface area contributed by atoms with E-state index in [1.165, 1.54) is 0 Å². The lowest BCUT2D eigenvalue weighted by Crippen LogP contribution is -2.49. The summed E-state index contributed by atoms with van der Waals surface area (Å²) in [5.74, 6) is -0.762. The summed E-state index contributed by atoms with van der Waals surface area (Å²) < 4.78 is 23.8. The third kappa shape index (κ3) is 3.80. The number of hydrogen-bond donors (Lipinski definition) is 2. The highest BCUT2D eigenvalue weighted by Crippen LogP contribution is 2.32. The SMILES string of the molecule is O=C1NC(Cc2c[nH]c3ccccc23)C(=O)N1CC(=O)N(C1CC1)C1CCS(=O)(=O)C1. The largest absolute Gasteiger partial charge is 0.361 e. The van der Waals surface area contributed by atoms with Gasteiger partial charge in [0.05, 0.1) is 11.5 Å². The molecule has 0 radical (unpaired) electrons. The van der Waals surface area contributed by atoms with E-state index < -0.39 is 27.8 Å². The highest BCUT2D eigenvalue weighted by atomic mass is 32.2. The number of aromatic nitrogens is 1. The molecule has 2 atom stereocenters. The Labute approximate surface area is 179 Å². The molecule has 10 heteroatoms. The minimum Gasteiger partial charge on any atom is -0.361 e. The van der Waals surface area contributed by atoms with Gasteiger partial charge in [-0.2, -0.15) is 0 Å². The van der Waals surface area contributed by atoms with E-state index in [0.29, 0.717) is 12.8 Å². The monoisotopic (exact) mass is 444 g/mol. The van der Waals surface area contributed by atoms with E-state index in [2.05, 4.69) is 10.3 Å². The number of sulfone groups is 1. The van der Waals surface area contributed by atoms with Gasteiger partial charge in [0, 0.05) is 35.6 Å². The number of aromatic amines is 1. The molecule has 3 fully saturated rings. The Hall–Kier alpha value is -2.88. The Balaban J connectivity index is 1.28. The number of nitrogens with one attached hydrogen (secondary N) is 2. The van der Waals surface area contributed by atoms with Crippen molar-refractivity contribution in [3.63, 3.8) is 0 Å². The lowest BCUT2D eigenvalue weighted by atomic mass is 10.1. The van der Waals surface area contributed by atoms with Crippen LogP contribution in [0.4, 0.5) is 4.79 Å². The number of nitrogens with zero attached hydrogens (tertiary/aromatic N) is 2. The summed E-state index contributed by atoms with van der Waals surface area (Å²) in [4.78, 5) is 44.1. The number of urea groups is 1. The van der Waals surface area contributed by atoms with Gasteiger partial charge in [0.15, 0.2) is 9.84 Å². The van der Waals surface area contributed by atoms with E-state index >= 15 is 0 Å². The number of carbonyl (C=O) groups is 3. The fraction of sp³-hybridized carbons (Fsp3) is 0.476. The summed E-state index contributed by atoms with van der Waals surface area (Å²) in [7, 11) is -3.14. The molecular weight excluding hydrogens is 420 g/mol. The van der Waals surface area contributed by atoms with Crippen LogP contribution in [0.1, 0.15) is 24.8 Å². The molecule has 2 N–H and O–H groups in total. The minimum atomic E-state index is -3.14. The number of H-pyrrole nitrogens is 1. The molecule has 2 unspecified atom stereocenters. The van der Waals surface area contributed by atoms with Gasteiger partial charge < -0.3 is 15.2 Å². The van der Waals surface area contributed by atoms with Crippen LogP contribution >= 0.6 is 0 Å². The maximum absolute atomic E-state index is 13.0. The van der Waals surface area contributed by atoms with Crippen LogP contribution in [0.15, 0.2) is 30.5 Å². The molecule has 31 heavy (non-hydrogen) atoms. The zero-order chi connectivity index (χ0) is 21.8. The number of amides is 4. The van der Waals surface area contributed by atoms with Gasteiger partial charge in [-0.15, -0.1) is 0 Å². The van der Waals surface area contributed by atoms with Gasteiger partial charge in [-0.25, -0.2) is 13.2 Å². The summed E-state index contributed by atoms with van der Waals surface area (Å²) in [5.41, 5.74) is 1.87. The number of hydrogen-bond acceptors (Lipinski definition) is 5. The van der Waals surface area contributed by atoms with Crippen molar-refractivity contribution in [2.45, 2.75) is 43.8 Å². The molecule has 0 spiro atoms. The first-order valence-corrected chi connectivity index (χ1v) is 12.3. The van der Waals surface area contributed by atoms with E-state index in [1.807, 2.05) is 30.5 Å². The van der Waals surface area contributed by atoms with Crippen LogP contribution in [0.3, 0.4) is 0 Å². The average Bonchev–Trinajstić information content (AvgIpc) is 3.30. The quantitative estimate of drug-likeness (QED) is 0.639. The molecule has 1 aromatic carbocycles. The Morgan fingerprint density at radius 1 is 1.13 bits per heavy atom. The predicted octanol–water partition coefficient (Wildman–Crippen LogP) is 0.809. The molecule has 4 amide bonds. The lowest BCUT2D eigenvalue weighted by molar-refractivity contribution is -0.139. The van der Waals surface area contributed by atoms with Gasteiger partial charge in [0.25, 0.3) is 5.91 Å². The first-order valence-electron chi connectivity index (χ1n) is 10.5. The molecule has 9 nitrogen and oxygen atoms in total. The number of carbonyl (C=O) groups excluding carboxylic acids is 3. The summed E-state index contributed by atoms with van der Waals surface area (Å²) in [6.45, 7) is -0.359. The van der Waals surface area contributed by atoms with Gasteiger partial charge in [0.2, 0.25) is 5.91 Å². The minimum absolute atomic E-state index is 0.00795. The molecular formula is C21H24N4O5S. The molecule has 164 valence electrons. The van der Waals surface area contributed by atoms with Crippen molar-refractivity contribution in [1.29, 1.82) is 0 Å². The third-order valence-corrected chi connectivity index (χ3v) is 8.08. The zero-order valence-electron chi connectivity index (χ0n) is 16.9. The first kappa shape index (κ1) is 20.0. The molecule has 1 saturated carbocycles. The maximum atomic E-state index is 13.0. The molecule has 3 aliphatic rings. The maximum Gasteiger partial charge on any atom is 0.325 e. The van der Waals surface area contributed by atoms with Crippen LogP contribution in [-0.4, -0.2) is 77.2 Å².